The molecule has 0 aromatic carbocycles. The number of rotatable bonds is 6. The highest BCUT2D eigenvalue weighted by atomic mass is 35.7. The lowest BCUT2D eigenvalue weighted by Crippen LogP contribution is -2.64. The van der Waals surface area contributed by atoms with Crippen LogP contribution in [0.2, 0.25) is 78.6 Å². The minimum absolute atomic E-state index is 1.57. The highest BCUT2D eigenvalue weighted by Gasteiger charge is 2.51. The van der Waals surface area contributed by atoms with Gasteiger partial charge in [-0.05, 0) is 11.8 Å². The van der Waals surface area contributed by atoms with Gasteiger partial charge in [0.25, 0.3) is 0 Å². The van der Waals surface area contributed by atoms with E-state index >= 15 is 0 Å². The second-order valence-corrected chi connectivity index (χ2v) is 36.6. The topological polar surface area (TPSA) is 6.48 Å². The van der Waals surface area contributed by atoms with Gasteiger partial charge in [-0.2, -0.15) is 0 Å². The van der Waals surface area contributed by atoms with E-state index in [1.54, 1.807) is 0 Å². The molecule has 0 rings (SSSR count). The first-order valence-corrected chi connectivity index (χ1v) is 25.0. The Morgan fingerprint density at radius 2 is 0.714 bits per heavy atom. The maximum absolute atomic E-state index is 7.32. The van der Waals surface area contributed by atoms with Crippen LogP contribution in [0.4, 0.5) is 0 Å². The first-order valence-electron chi connectivity index (χ1n) is 7.65. The first-order chi connectivity index (χ1) is 8.73. The fraction of sp³-hybridized carbons (Fsp3) is 1.00. The monoisotopic (exact) mass is 418 g/mol. The van der Waals surface area contributed by atoms with Gasteiger partial charge in [0.05, 0.1) is 0 Å². The lowest BCUT2D eigenvalue weighted by atomic mass is 11.8. The Kier molecular flexibility index (Phi) is 7.10. The molecule has 0 heterocycles. The minimum Gasteiger partial charge on any atom is -0.296 e. The molecule has 0 unspecified atom stereocenters. The van der Waals surface area contributed by atoms with E-state index in [4.69, 9.17) is 23.0 Å². The zero-order chi connectivity index (χ0) is 17.7. The molecule has 0 fully saturated rings. The highest BCUT2D eigenvalue weighted by Crippen LogP contribution is 2.65. The molecule has 0 radical (unpaired) electrons. The molecule has 2 nitrogen and oxygen atoms in total. The van der Waals surface area contributed by atoms with Gasteiger partial charge in [0.1, 0.15) is 38.6 Å². The van der Waals surface area contributed by atoms with Crippen molar-refractivity contribution in [3.8, 4) is 0 Å². The van der Waals surface area contributed by atoms with Crippen LogP contribution in [0.5, 0.6) is 0 Å². The van der Waals surface area contributed by atoms with Crippen LogP contribution in [-0.4, -0.2) is 40.9 Å². The molecule has 0 aromatic heterocycles. The van der Waals surface area contributed by atoms with E-state index in [2.05, 4.69) is 86.6 Å². The fourth-order valence-corrected chi connectivity index (χ4v) is 50.8. The molecule has 21 heavy (non-hydrogen) atoms. The predicted molar refractivity (Wildman–Crippen MR) is 117 cm³/mol. The van der Waals surface area contributed by atoms with Crippen molar-refractivity contribution in [3.05, 3.63) is 0 Å². The molecule has 0 aromatic rings. The van der Waals surface area contributed by atoms with Gasteiger partial charge in [0.2, 0.25) is 0 Å². The molecule has 0 aliphatic carbocycles. The van der Waals surface area contributed by atoms with E-state index in [-0.39, 0.29) is 0 Å². The summed E-state index contributed by atoms with van der Waals surface area (Å²) in [6.07, 6.45) is 0. The Morgan fingerprint density at radius 1 is 0.571 bits per heavy atom. The maximum Gasteiger partial charge on any atom is 0.140 e. The summed E-state index contributed by atoms with van der Waals surface area (Å²) in [5.74, 6) is 0. The van der Waals surface area contributed by atoms with Gasteiger partial charge in [0, 0.05) is 0 Å². The number of hydrogen-bond acceptors (Lipinski definition) is 1. The molecule has 0 aliphatic rings. The molecule has 0 amide bonds. The molecule has 0 aliphatic heterocycles. The van der Waals surface area contributed by atoms with E-state index in [9.17, 15) is 0 Å². The van der Waals surface area contributed by atoms with Crippen LogP contribution >= 0.6 is 16.9 Å². The Balaban J connectivity index is 6.29. The first kappa shape index (κ1) is 22.7. The average molecular weight is 419 g/mol. The van der Waals surface area contributed by atoms with Gasteiger partial charge in [-0.1, -0.05) is 89.8 Å². The van der Waals surface area contributed by atoms with E-state index in [0.717, 1.165) is 0 Å². The summed E-state index contributed by atoms with van der Waals surface area (Å²) in [5.41, 5.74) is -2.18. The summed E-state index contributed by atoms with van der Waals surface area (Å²) < 4.78 is 5.39. The number of halogens is 1. The van der Waals surface area contributed by atoms with E-state index < -0.39 is 38.6 Å². The quantitative estimate of drug-likeness (QED) is 0.364. The highest BCUT2D eigenvalue weighted by molar-refractivity contribution is 8.26. The Hall–Kier alpha value is 1.73. The zero-order valence-electron chi connectivity index (χ0n) is 16.1. The zero-order valence-corrected chi connectivity index (χ0v) is 22.6. The SMILES string of the molecule is C[Si](C)(C)N([Si](C)(C)C)P(=S)(Cl)N([Si](C)(C)C)[Si](C)(C)C. The van der Waals surface area contributed by atoms with Gasteiger partial charge in [-0.25, -0.2) is 0 Å². The van der Waals surface area contributed by atoms with Crippen LogP contribution in [0.25, 0.3) is 0 Å². The minimum atomic E-state index is -2.18. The lowest BCUT2D eigenvalue weighted by Gasteiger charge is -2.57. The summed E-state index contributed by atoms with van der Waals surface area (Å²) in [7, 11) is -6.27. The van der Waals surface area contributed by atoms with Crippen molar-refractivity contribution in [2.75, 3.05) is 0 Å². The molecule has 0 saturated heterocycles. The number of nitrogens with zero attached hydrogens (tertiary/aromatic N) is 2. The van der Waals surface area contributed by atoms with Crippen LogP contribution in [-0.2, 0) is 11.8 Å². The molecule has 9 heteroatoms. The van der Waals surface area contributed by atoms with Gasteiger partial charge in [-0.15, -0.1) is 0 Å². The van der Waals surface area contributed by atoms with Gasteiger partial charge < -0.3 is 0 Å². The molecule has 0 spiro atoms. The Labute approximate surface area is 147 Å². The van der Waals surface area contributed by atoms with Gasteiger partial charge in [-0.3, -0.25) is 8.00 Å². The van der Waals surface area contributed by atoms with Crippen molar-refractivity contribution < 1.29 is 0 Å². The normalized spacial score (nSPS) is 16.0. The second kappa shape index (κ2) is 6.56. The largest absolute Gasteiger partial charge is 0.296 e. The summed E-state index contributed by atoms with van der Waals surface area (Å²) in [4.78, 5) is 0. The van der Waals surface area contributed by atoms with Crippen molar-refractivity contribution in [2.24, 2.45) is 0 Å². The van der Waals surface area contributed by atoms with Crippen molar-refractivity contribution in [1.29, 1.82) is 0 Å². The van der Waals surface area contributed by atoms with Crippen LogP contribution in [0.1, 0.15) is 0 Å². The summed E-state index contributed by atoms with van der Waals surface area (Å²) in [5, 5.41) is 0. The molecule has 0 N–H and O–H groups in total. The van der Waals surface area contributed by atoms with E-state index in [1.807, 2.05) is 0 Å². The second-order valence-electron chi connectivity index (χ2n) is 9.78. The third-order valence-electron chi connectivity index (χ3n) is 3.04. The standard InChI is InChI=1S/C12H36ClN2PSSi4/c1-18(2,3)14(19(4,5)6)16(13,17)15(20(7,8)9)21(10,11)12/h1-12H3. The average Bonchev–Trinajstić information content (AvgIpc) is 1.84. The van der Waals surface area contributed by atoms with Crippen LogP contribution in [0.3, 0.4) is 0 Å². The van der Waals surface area contributed by atoms with Crippen LogP contribution in [0, 0.1) is 0 Å². The molecule has 128 valence electrons. The number of hydrogen-bond donors (Lipinski definition) is 0. The summed E-state index contributed by atoms with van der Waals surface area (Å²) >= 11 is 13.6. The Morgan fingerprint density at radius 3 is 0.810 bits per heavy atom. The summed E-state index contributed by atoms with van der Waals surface area (Å²) in [6, 6.07) is 0. The third-order valence-corrected chi connectivity index (χ3v) is 33.0. The van der Waals surface area contributed by atoms with Gasteiger partial charge in [0.15, 0.2) is 0 Å². The molecule has 0 saturated carbocycles. The van der Waals surface area contributed by atoms with Crippen molar-refractivity contribution in [3.63, 3.8) is 0 Å². The lowest BCUT2D eigenvalue weighted by molar-refractivity contribution is 0.877. The molecule has 0 atom stereocenters. The van der Waals surface area contributed by atoms with Crippen molar-refractivity contribution >= 4 is 61.7 Å². The smallest absolute Gasteiger partial charge is 0.140 e. The Bertz CT molecular complexity index is 357. The summed E-state index contributed by atoms with van der Waals surface area (Å²) in [6.45, 7) is 28.8. The van der Waals surface area contributed by atoms with Gasteiger partial charge >= 0.3 is 0 Å². The fourth-order valence-electron chi connectivity index (χ4n) is 3.58. The predicted octanol–water partition coefficient (Wildman–Crippen LogP) is 6.39. The van der Waals surface area contributed by atoms with Crippen LogP contribution < -0.4 is 0 Å². The maximum atomic E-state index is 7.32. The molecular formula is C12H36ClN2PSSi4. The van der Waals surface area contributed by atoms with E-state index in [1.165, 1.54) is 0 Å². The molecule has 0 bridgehead atoms. The van der Waals surface area contributed by atoms with Crippen molar-refractivity contribution in [1.82, 2.24) is 8.00 Å². The van der Waals surface area contributed by atoms with E-state index in [0.29, 0.717) is 0 Å². The third kappa shape index (κ3) is 5.94. The van der Waals surface area contributed by atoms with Crippen molar-refractivity contribution in [2.45, 2.75) is 78.6 Å². The van der Waals surface area contributed by atoms with Crippen LogP contribution in [0.15, 0.2) is 0 Å². The molecular weight excluding hydrogens is 383 g/mol.